The van der Waals surface area contributed by atoms with E-state index >= 15 is 0 Å². The molecule has 2 aromatic heterocycles. The maximum absolute atomic E-state index is 12.0. The number of thiazole rings is 1. The fourth-order valence-corrected chi connectivity index (χ4v) is 3.49. The highest BCUT2D eigenvalue weighted by Crippen LogP contribution is 2.20. The first-order valence-corrected chi connectivity index (χ1v) is 8.57. The molecule has 124 valence electrons. The number of anilines is 1. The third kappa shape index (κ3) is 4.19. The largest absolute Gasteiger partial charge is 0.456 e. The summed E-state index contributed by atoms with van der Waals surface area (Å²) >= 11 is 1.43. The molecule has 1 fully saturated rings. The van der Waals surface area contributed by atoms with Crippen molar-refractivity contribution >= 4 is 22.4 Å². The molecule has 0 aromatic carbocycles. The van der Waals surface area contributed by atoms with Crippen LogP contribution in [0, 0.1) is 6.92 Å². The summed E-state index contributed by atoms with van der Waals surface area (Å²) in [5.41, 5.74) is 0.960. The second-order valence-electron chi connectivity index (χ2n) is 5.96. The van der Waals surface area contributed by atoms with E-state index in [1.54, 1.807) is 12.1 Å². The molecule has 1 aliphatic heterocycles. The molecule has 0 aliphatic carbocycles. The molecule has 7 heteroatoms. The molecule has 1 amide bonds. The summed E-state index contributed by atoms with van der Waals surface area (Å²) in [6.45, 7) is 8.54. The van der Waals surface area contributed by atoms with E-state index < -0.39 is 0 Å². The lowest BCUT2D eigenvalue weighted by atomic mass is 10.2. The van der Waals surface area contributed by atoms with E-state index in [0.717, 1.165) is 25.3 Å². The normalized spacial score (nSPS) is 22.2. The van der Waals surface area contributed by atoms with Crippen molar-refractivity contribution in [1.82, 2.24) is 9.88 Å². The fraction of sp³-hybridized carbons (Fsp3) is 0.500. The molecule has 2 aromatic rings. The van der Waals surface area contributed by atoms with Gasteiger partial charge in [-0.3, -0.25) is 15.0 Å². The molecule has 3 rings (SSSR count). The van der Waals surface area contributed by atoms with E-state index in [1.807, 2.05) is 12.3 Å². The number of nitrogens with zero attached hydrogens (tertiary/aromatic N) is 2. The van der Waals surface area contributed by atoms with Gasteiger partial charge in [-0.25, -0.2) is 4.98 Å². The van der Waals surface area contributed by atoms with Crippen LogP contribution in [0.2, 0.25) is 0 Å². The molecule has 1 aliphatic rings. The summed E-state index contributed by atoms with van der Waals surface area (Å²) in [5, 5.41) is 5.35. The molecule has 0 spiro atoms. The van der Waals surface area contributed by atoms with Crippen molar-refractivity contribution < 1.29 is 13.9 Å². The minimum atomic E-state index is -0.271. The molecular weight excluding hydrogens is 314 g/mol. The van der Waals surface area contributed by atoms with Gasteiger partial charge in [-0.05, 0) is 32.9 Å². The van der Waals surface area contributed by atoms with E-state index in [-0.39, 0.29) is 18.1 Å². The highest BCUT2D eigenvalue weighted by molar-refractivity contribution is 7.13. The number of morpholine rings is 1. The number of hydrogen-bond donors (Lipinski definition) is 1. The lowest BCUT2D eigenvalue weighted by molar-refractivity contribution is -0.0707. The van der Waals surface area contributed by atoms with Gasteiger partial charge in [0.05, 0.1) is 17.9 Å². The lowest BCUT2D eigenvalue weighted by Crippen LogP contribution is -2.44. The Morgan fingerprint density at radius 1 is 1.39 bits per heavy atom. The van der Waals surface area contributed by atoms with E-state index in [0.29, 0.717) is 16.7 Å². The number of rotatable bonds is 4. The summed E-state index contributed by atoms with van der Waals surface area (Å²) in [6.07, 6.45) is 0.470. The Morgan fingerprint density at radius 3 is 2.78 bits per heavy atom. The second-order valence-corrected chi connectivity index (χ2v) is 6.82. The Labute approximate surface area is 139 Å². The van der Waals surface area contributed by atoms with Gasteiger partial charge in [0.25, 0.3) is 5.91 Å². The van der Waals surface area contributed by atoms with E-state index in [2.05, 4.69) is 29.0 Å². The molecule has 23 heavy (non-hydrogen) atoms. The topological polar surface area (TPSA) is 67.6 Å². The van der Waals surface area contributed by atoms with Crippen molar-refractivity contribution in [3.8, 4) is 0 Å². The van der Waals surface area contributed by atoms with Gasteiger partial charge >= 0.3 is 0 Å². The van der Waals surface area contributed by atoms with Crippen molar-refractivity contribution in [2.75, 3.05) is 18.4 Å². The van der Waals surface area contributed by atoms with Crippen molar-refractivity contribution in [2.24, 2.45) is 0 Å². The van der Waals surface area contributed by atoms with Crippen LogP contribution in [0.5, 0.6) is 0 Å². The number of aryl methyl sites for hydroxylation is 1. The van der Waals surface area contributed by atoms with Crippen LogP contribution in [0.25, 0.3) is 0 Å². The van der Waals surface area contributed by atoms with E-state index in [1.165, 1.54) is 11.3 Å². The van der Waals surface area contributed by atoms with Gasteiger partial charge in [0.1, 0.15) is 5.76 Å². The SMILES string of the molecule is Cc1ccc(C(=O)Nc2nc(CN3CC(C)OC(C)C3)cs2)o1. The minimum absolute atomic E-state index is 0.235. The first-order chi connectivity index (χ1) is 11.0. The second kappa shape index (κ2) is 6.82. The van der Waals surface area contributed by atoms with Gasteiger partial charge in [0, 0.05) is 25.0 Å². The van der Waals surface area contributed by atoms with Crippen LogP contribution in [0.4, 0.5) is 5.13 Å². The van der Waals surface area contributed by atoms with Crippen LogP contribution in [0.3, 0.4) is 0 Å². The van der Waals surface area contributed by atoms with Gasteiger partial charge in [-0.2, -0.15) is 0 Å². The molecule has 1 N–H and O–H groups in total. The molecule has 0 bridgehead atoms. The first kappa shape index (κ1) is 16.2. The molecule has 6 nitrogen and oxygen atoms in total. The van der Waals surface area contributed by atoms with Crippen LogP contribution in [-0.4, -0.2) is 41.1 Å². The maximum Gasteiger partial charge on any atom is 0.293 e. The quantitative estimate of drug-likeness (QED) is 0.930. The predicted octanol–water partition coefficient (Wildman–Crippen LogP) is 2.91. The summed E-state index contributed by atoms with van der Waals surface area (Å²) in [7, 11) is 0. The van der Waals surface area contributed by atoms with Gasteiger partial charge in [-0.1, -0.05) is 0 Å². The average Bonchev–Trinajstić information content (AvgIpc) is 3.07. The Bertz CT molecular complexity index is 672. The zero-order valence-electron chi connectivity index (χ0n) is 13.5. The van der Waals surface area contributed by atoms with Gasteiger partial charge in [0.15, 0.2) is 10.9 Å². The van der Waals surface area contributed by atoms with Crippen LogP contribution in [0.1, 0.15) is 35.9 Å². The molecular formula is C16H21N3O3S. The van der Waals surface area contributed by atoms with Crippen LogP contribution in [-0.2, 0) is 11.3 Å². The average molecular weight is 335 g/mol. The zero-order valence-corrected chi connectivity index (χ0v) is 14.4. The molecule has 3 heterocycles. The van der Waals surface area contributed by atoms with Crippen molar-refractivity contribution in [3.63, 3.8) is 0 Å². The van der Waals surface area contributed by atoms with E-state index in [4.69, 9.17) is 9.15 Å². The molecule has 0 saturated carbocycles. The Balaban J connectivity index is 1.58. The Morgan fingerprint density at radius 2 is 2.13 bits per heavy atom. The number of ether oxygens (including phenoxy) is 1. The molecule has 2 unspecified atom stereocenters. The summed E-state index contributed by atoms with van der Waals surface area (Å²) in [5.74, 6) is 0.744. The number of carbonyl (C=O) groups excluding carboxylic acids is 1. The van der Waals surface area contributed by atoms with Crippen molar-refractivity contribution in [1.29, 1.82) is 0 Å². The lowest BCUT2D eigenvalue weighted by Gasteiger charge is -2.34. The molecule has 1 saturated heterocycles. The zero-order chi connectivity index (χ0) is 16.4. The van der Waals surface area contributed by atoms with Gasteiger partial charge < -0.3 is 9.15 Å². The van der Waals surface area contributed by atoms with Crippen LogP contribution >= 0.6 is 11.3 Å². The number of amides is 1. The van der Waals surface area contributed by atoms with Crippen LogP contribution in [0.15, 0.2) is 21.9 Å². The smallest absolute Gasteiger partial charge is 0.293 e. The minimum Gasteiger partial charge on any atom is -0.456 e. The highest BCUT2D eigenvalue weighted by atomic mass is 32.1. The summed E-state index contributed by atoms with van der Waals surface area (Å²) in [6, 6.07) is 3.43. The Hall–Kier alpha value is -1.70. The predicted molar refractivity (Wildman–Crippen MR) is 88.8 cm³/mol. The molecule has 0 radical (unpaired) electrons. The monoisotopic (exact) mass is 335 g/mol. The fourth-order valence-electron chi connectivity index (χ4n) is 2.79. The maximum atomic E-state index is 12.0. The Kier molecular flexibility index (Phi) is 4.79. The molecule has 2 atom stereocenters. The third-order valence-corrected chi connectivity index (χ3v) is 4.42. The number of furan rings is 1. The van der Waals surface area contributed by atoms with Crippen molar-refractivity contribution in [3.05, 3.63) is 34.7 Å². The number of hydrogen-bond acceptors (Lipinski definition) is 6. The summed E-state index contributed by atoms with van der Waals surface area (Å²) in [4.78, 5) is 18.9. The van der Waals surface area contributed by atoms with Gasteiger partial charge in [-0.15, -0.1) is 11.3 Å². The number of aromatic nitrogens is 1. The first-order valence-electron chi connectivity index (χ1n) is 7.69. The standard InChI is InChI=1S/C16H21N3O3S/c1-10-4-5-14(22-10)15(20)18-16-17-13(9-23-16)8-19-6-11(2)21-12(3)7-19/h4-5,9,11-12H,6-8H2,1-3H3,(H,17,18,20). The van der Waals surface area contributed by atoms with E-state index in [9.17, 15) is 4.79 Å². The van der Waals surface area contributed by atoms with Gasteiger partial charge in [0.2, 0.25) is 0 Å². The third-order valence-electron chi connectivity index (χ3n) is 3.62. The van der Waals surface area contributed by atoms with Crippen molar-refractivity contribution in [2.45, 2.75) is 39.5 Å². The number of carbonyl (C=O) groups is 1. The number of nitrogens with one attached hydrogen (secondary N) is 1. The van der Waals surface area contributed by atoms with Crippen LogP contribution < -0.4 is 5.32 Å². The summed E-state index contributed by atoms with van der Waals surface area (Å²) < 4.78 is 11.0. The highest BCUT2D eigenvalue weighted by Gasteiger charge is 2.23.